The summed E-state index contributed by atoms with van der Waals surface area (Å²) in [6.45, 7) is 1.85. The van der Waals surface area contributed by atoms with Crippen LogP contribution < -0.4 is 20.1 Å². The summed E-state index contributed by atoms with van der Waals surface area (Å²) in [6, 6.07) is 19.5. The fraction of sp³-hybridized carbons (Fsp3) is 0.115. The van der Waals surface area contributed by atoms with Crippen molar-refractivity contribution in [3.63, 3.8) is 0 Å². The van der Waals surface area contributed by atoms with Crippen LogP contribution in [0.1, 0.15) is 12.5 Å². The number of carbonyl (C=O) groups excluding carboxylic acids is 2. The first kappa shape index (κ1) is 27.2. The number of nitro benzene ring substituents is 1. The molecule has 0 spiro atoms. The van der Waals surface area contributed by atoms with Gasteiger partial charge in [-0.05, 0) is 71.5 Å². The Hall–Kier alpha value is -4.44. The molecule has 0 aliphatic heterocycles. The van der Waals surface area contributed by atoms with Gasteiger partial charge in [-0.3, -0.25) is 19.7 Å². The lowest BCUT2D eigenvalue weighted by Crippen LogP contribution is -2.20. The van der Waals surface area contributed by atoms with Crippen molar-refractivity contribution in [1.82, 2.24) is 0 Å². The lowest BCUT2D eigenvalue weighted by molar-refractivity contribution is -0.384. The average Bonchev–Trinajstić information content (AvgIpc) is 2.87. The molecule has 0 aliphatic rings. The predicted octanol–water partition coefficient (Wildman–Crippen LogP) is 5.16. The molecule has 0 atom stereocenters. The summed E-state index contributed by atoms with van der Waals surface area (Å²) < 4.78 is 12.0. The molecule has 0 saturated heterocycles. The quantitative estimate of drug-likeness (QED) is 0.106. The van der Waals surface area contributed by atoms with Crippen molar-refractivity contribution < 1.29 is 24.0 Å². The third kappa shape index (κ3) is 7.77. The van der Waals surface area contributed by atoms with Crippen LogP contribution in [0.4, 0.5) is 17.1 Å². The number of carbonyl (C=O) groups is 2. The lowest BCUT2D eigenvalue weighted by atomic mass is 10.1. The number of benzene rings is 3. The summed E-state index contributed by atoms with van der Waals surface area (Å²) in [4.78, 5) is 35.3. The Kier molecular flexibility index (Phi) is 9.56. The highest BCUT2D eigenvalue weighted by atomic mass is 127. The second-order valence-electron chi connectivity index (χ2n) is 7.40. The molecule has 3 aromatic rings. The van der Waals surface area contributed by atoms with E-state index in [0.29, 0.717) is 32.9 Å². The van der Waals surface area contributed by atoms with Gasteiger partial charge in [-0.25, -0.2) is 0 Å². The Morgan fingerprint density at radius 1 is 1.05 bits per heavy atom. The molecule has 37 heavy (non-hydrogen) atoms. The summed E-state index contributed by atoms with van der Waals surface area (Å²) in [7, 11) is 0. The standard InChI is InChI=1S/C26H21IN4O6/c1-2-36-23-13-17(11-18(15-28)26(33)30-20-9-6-10-21(14-20)31(34)35)12-22(27)25(23)37-16-24(32)29-19-7-4-3-5-8-19/h3-14H,2,16H2,1H3,(H,29,32)(H,30,33)/b18-11+. The molecule has 0 saturated carbocycles. The zero-order valence-corrected chi connectivity index (χ0v) is 21.7. The van der Waals surface area contributed by atoms with Crippen LogP contribution in [0.25, 0.3) is 6.08 Å². The largest absolute Gasteiger partial charge is 0.490 e. The number of anilines is 2. The van der Waals surface area contributed by atoms with E-state index in [0.717, 1.165) is 0 Å². The molecule has 0 fully saturated rings. The molecular weight excluding hydrogens is 591 g/mol. The Morgan fingerprint density at radius 2 is 1.78 bits per heavy atom. The summed E-state index contributed by atoms with van der Waals surface area (Å²) in [5, 5.41) is 25.7. The highest BCUT2D eigenvalue weighted by Crippen LogP contribution is 2.35. The molecule has 0 bridgehead atoms. The molecule has 0 aromatic heterocycles. The average molecular weight is 612 g/mol. The fourth-order valence-corrected chi connectivity index (χ4v) is 3.92. The first-order chi connectivity index (χ1) is 17.8. The number of hydrogen-bond donors (Lipinski definition) is 2. The van der Waals surface area contributed by atoms with E-state index < -0.39 is 10.8 Å². The predicted molar refractivity (Wildman–Crippen MR) is 146 cm³/mol. The number of nitrogens with one attached hydrogen (secondary N) is 2. The Morgan fingerprint density at radius 3 is 2.46 bits per heavy atom. The lowest BCUT2D eigenvalue weighted by Gasteiger charge is -2.15. The molecule has 2 amide bonds. The molecule has 11 heteroatoms. The molecule has 0 heterocycles. The summed E-state index contributed by atoms with van der Waals surface area (Å²) in [5.41, 5.74) is 0.899. The zero-order valence-electron chi connectivity index (χ0n) is 19.6. The third-order valence-electron chi connectivity index (χ3n) is 4.73. The highest BCUT2D eigenvalue weighted by Gasteiger charge is 2.16. The van der Waals surface area contributed by atoms with Crippen molar-refractivity contribution >= 4 is 57.5 Å². The van der Waals surface area contributed by atoms with E-state index in [2.05, 4.69) is 10.6 Å². The van der Waals surface area contributed by atoms with Gasteiger partial charge in [-0.1, -0.05) is 24.3 Å². The molecule has 0 aliphatic carbocycles. The number of nitriles is 1. The summed E-state index contributed by atoms with van der Waals surface area (Å²) in [6.07, 6.45) is 1.36. The van der Waals surface area contributed by atoms with Crippen LogP contribution in [0.2, 0.25) is 0 Å². The minimum absolute atomic E-state index is 0.183. The van der Waals surface area contributed by atoms with Crippen molar-refractivity contribution in [2.24, 2.45) is 0 Å². The van der Waals surface area contributed by atoms with Gasteiger partial charge in [-0.15, -0.1) is 0 Å². The van der Waals surface area contributed by atoms with Crippen LogP contribution in [0.3, 0.4) is 0 Å². The molecule has 2 N–H and O–H groups in total. The number of para-hydroxylation sites is 1. The summed E-state index contributed by atoms with van der Waals surface area (Å²) >= 11 is 2.01. The van der Waals surface area contributed by atoms with Gasteiger partial charge >= 0.3 is 0 Å². The van der Waals surface area contributed by atoms with Crippen molar-refractivity contribution in [3.8, 4) is 17.6 Å². The monoisotopic (exact) mass is 612 g/mol. The smallest absolute Gasteiger partial charge is 0.271 e. The topological polar surface area (TPSA) is 144 Å². The minimum atomic E-state index is -0.728. The van der Waals surface area contributed by atoms with E-state index in [4.69, 9.17) is 9.47 Å². The SMILES string of the molecule is CCOc1cc(/C=C(\C#N)C(=O)Nc2cccc([N+](=O)[O-])c2)cc(I)c1OCC(=O)Nc1ccccc1. The molecule has 3 aromatic carbocycles. The first-order valence-corrected chi connectivity index (χ1v) is 12.0. The fourth-order valence-electron chi connectivity index (χ4n) is 3.14. The molecule has 10 nitrogen and oxygen atoms in total. The molecular formula is C26H21IN4O6. The van der Waals surface area contributed by atoms with Crippen LogP contribution in [0.15, 0.2) is 72.3 Å². The van der Waals surface area contributed by atoms with Gasteiger partial charge in [0.2, 0.25) is 0 Å². The van der Waals surface area contributed by atoms with Crippen molar-refractivity contribution in [2.45, 2.75) is 6.92 Å². The van der Waals surface area contributed by atoms with Crippen LogP contribution in [-0.2, 0) is 9.59 Å². The normalized spacial score (nSPS) is 10.7. The maximum Gasteiger partial charge on any atom is 0.271 e. The van der Waals surface area contributed by atoms with E-state index in [1.165, 1.54) is 30.3 Å². The second-order valence-corrected chi connectivity index (χ2v) is 8.56. The maximum absolute atomic E-state index is 12.6. The van der Waals surface area contributed by atoms with Crippen molar-refractivity contribution in [1.29, 1.82) is 5.26 Å². The first-order valence-electron chi connectivity index (χ1n) is 10.9. The third-order valence-corrected chi connectivity index (χ3v) is 5.53. The van der Waals surface area contributed by atoms with Gasteiger partial charge in [0.15, 0.2) is 18.1 Å². The zero-order chi connectivity index (χ0) is 26.8. The second kappa shape index (κ2) is 13.0. The Labute approximate surface area is 226 Å². The Balaban J connectivity index is 1.78. The number of nitro groups is 1. The van der Waals surface area contributed by atoms with Gasteiger partial charge in [0, 0.05) is 23.5 Å². The molecule has 0 unspecified atom stereocenters. The van der Waals surface area contributed by atoms with Gasteiger partial charge < -0.3 is 20.1 Å². The van der Waals surface area contributed by atoms with Gasteiger partial charge in [0.05, 0.1) is 15.1 Å². The molecule has 3 rings (SSSR count). The number of amides is 2. The number of non-ortho nitro benzene ring substituents is 1. The minimum Gasteiger partial charge on any atom is -0.490 e. The number of halogens is 1. The van der Waals surface area contributed by atoms with Gasteiger partial charge in [0.25, 0.3) is 17.5 Å². The highest BCUT2D eigenvalue weighted by molar-refractivity contribution is 14.1. The van der Waals surface area contributed by atoms with Crippen molar-refractivity contribution in [3.05, 3.63) is 91.6 Å². The van der Waals surface area contributed by atoms with Crippen molar-refractivity contribution in [2.75, 3.05) is 23.8 Å². The van der Waals surface area contributed by atoms with Crippen LogP contribution in [0.5, 0.6) is 11.5 Å². The number of hydrogen-bond acceptors (Lipinski definition) is 7. The van der Waals surface area contributed by atoms with E-state index in [-0.39, 0.29) is 29.5 Å². The number of ether oxygens (including phenoxy) is 2. The van der Waals surface area contributed by atoms with Crippen LogP contribution >= 0.6 is 22.6 Å². The van der Waals surface area contributed by atoms with Gasteiger partial charge in [0.1, 0.15) is 11.6 Å². The van der Waals surface area contributed by atoms with Crippen LogP contribution in [-0.4, -0.2) is 30.0 Å². The molecule has 188 valence electrons. The van der Waals surface area contributed by atoms with E-state index in [1.54, 1.807) is 43.3 Å². The van der Waals surface area contributed by atoms with Gasteiger partial charge in [-0.2, -0.15) is 5.26 Å². The maximum atomic E-state index is 12.6. The van der Waals surface area contributed by atoms with E-state index >= 15 is 0 Å². The number of nitrogens with zero attached hydrogens (tertiary/aromatic N) is 2. The van der Waals surface area contributed by atoms with E-state index in [1.807, 2.05) is 34.7 Å². The molecule has 0 radical (unpaired) electrons. The van der Waals surface area contributed by atoms with E-state index in [9.17, 15) is 25.0 Å². The Bertz CT molecular complexity index is 1390. The van der Waals surface area contributed by atoms with Crippen LogP contribution in [0, 0.1) is 25.0 Å². The number of rotatable bonds is 10. The summed E-state index contributed by atoms with van der Waals surface area (Å²) in [5.74, 6) is -0.390.